The first kappa shape index (κ1) is 12.8. The molecular formula is C15H17FO2. The van der Waals surface area contributed by atoms with E-state index in [1.807, 2.05) is 0 Å². The number of rotatable bonds is 3. The van der Waals surface area contributed by atoms with Crippen LogP contribution < -0.4 is 0 Å². The molecule has 0 spiro atoms. The molecule has 1 aromatic carbocycles. The van der Waals surface area contributed by atoms with Crippen LogP contribution in [-0.2, 0) is 22.4 Å². The smallest absolute Gasteiger partial charge is 0.330 e. The van der Waals surface area contributed by atoms with Crippen molar-refractivity contribution in [2.24, 2.45) is 0 Å². The molecule has 0 fully saturated rings. The van der Waals surface area contributed by atoms with Gasteiger partial charge in [-0.25, -0.2) is 9.18 Å². The molecule has 2 nitrogen and oxygen atoms in total. The third-order valence-corrected chi connectivity index (χ3v) is 3.20. The third kappa shape index (κ3) is 2.78. The Hall–Kier alpha value is -1.64. The average molecular weight is 248 g/mol. The zero-order valence-electron chi connectivity index (χ0n) is 10.5. The molecule has 1 aliphatic rings. The van der Waals surface area contributed by atoms with Crippen LogP contribution in [0.25, 0.3) is 6.08 Å². The summed E-state index contributed by atoms with van der Waals surface area (Å²) in [4.78, 5) is 11.3. The zero-order chi connectivity index (χ0) is 13.0. The Bertz CT molecular complexity index is 478. The molecule has 0 bridgehead atoms. The van der Waals surface area contributed by atoms with Crippen molar-refractivity contribution in [3.8, 4) is 0 Å². The molecule has 0 radical (unpaired) electrons. The van der Waals surface area contributed by atoms with Gasteiger partial charge in [-0.3, -0.25) is 0 Å². The molecule has 3 heteroatoms. The molecule has 2 rings (SSSR count). The highest BCUT2D eigenvalue weighted by atomic mass is 19.1. The number of hydrogen-bond donors (Lipinski definition) is 0. The SMILES string of the molecule is CCOC(=O)/C=C/c1ccc(F)c2c1CCCC2. The number of benzene rings is 1. The first-order chi connectivity index (χ1) is 8.72. The number of ether oxygens (including phenoxy) is 1. The van der Waals surface area contributed by atoms with Crippen molar-refractivity contribution in [2.75, 3.05) is 6.61 Å². The minimum atomic E-state index is -0.355. The molecule has 0 unspecified atom stereocenters. The van der Waals surface area contributed by atoms with E-state index in [0.29, 0.717) is 6.61 Å². The summed E-state index contributed by atoms with van der Waals surface area (Å²) in [6, 6.07) is 3.21. The van der Waals surface area contributed by atoms with Gasteiger partial charge in [-0.1, -0.05) is 6.07 Å². The van der Waals surface area contributed by atoms with E-state index < -0.39 is 0 Å². The molecule has 0 saturated carbocycles. The second kappa shape index (κ2) is 5.80. The molecule has 1 aromatic rings. The fraction of sp³-hybridized carbons (Fsp3) is 0.400. The summed E-state index contributed by atoms with van der Waals surface area (Å²) in [6.07, 6.45) is 6.93. The van der Waals surface area contributed by atoms with Gasteiger partial charge >= 0.3 is 5.97 Å². The van der Waals surface area contributed by atoms with Crippen LogP contribution in [0.4, 0.5) is 4.39 Å². The summed E-state index contributed by atoms with van der Waals surface area (Å²) in [5.74, 6) is -0.482. The molecular weight excluding hydrogens is 231 g/mol. The molecule has 0 aromatic heterocycles. The van der Waals surface area contributed by atoms with E-state index in [4.69, 9.17) is 4.74 Å². The maximum Gasteiger partial charge on any atom is 0.330 e. The van der Waals surface area contributed by atoms with Crippen molar-refractivity contribution in [3.63, 3.8) is 0 Å². The van der Waals surface area contributed by atoms with E-state index in [1.165, 1.54) is 12.1 Å². The Morgan fingerprint density at radius 2 is 2.06 bits per heavy atom. The van der Waals surface area contributed by atoms with E-state index in [2.05, 4.69) is 0 Å². The van der Waals surface area contributed by atoms with Crippen molar-refractivity contribution >= 4 is 12.0 Å². The second-order valence-corrected chi connectivity index (χ2v) is 4.39. The molecule has 0 heterocycles. The fourth-order valence-electron chi connectivity index (χ4n) is 2.36. The lowest BCUT2D eigenvalue weighted by Gasteiger charge is -2.18. The Labute approximate surface area is 106 Å². The summed E-state index contributed by atoms with van der Waals surface area (Å²) in [6.45, 7) is 2.14. The Morgan fingerprint density at radius 1 is 1.33 bits per heavy atom. The minimum absolute atomic E-state index is 0.127. The largest absolute Gasteiger partial charge is 0.463 e. The number of carbonyl (C=O) groups is 1. The van der Waals surface area contributed by atoms with Crippen LogP contribution in [0.5, 0.6) is 0 Å². The van der Waals surface area contributed by atoms with Crippen molar-refractivity contribution in [3.05, 3.63) is 40.7 Å². The Kier molecular flexibility index (Phi) is 4.13. The number of carbonyl (C=O) groups excluding carboxylic acids is 1. The summed E-state index contributed by atoms with van der Waals surface area (Å²) in [5, 5.41) is 0. The van der Waals surface area contributed by atoms with Crippen molar-refractivity contribution < 1.29 is 13.9 Å². The summed E-state index contributed by atoms with van der Waals surface area (Å²) >= 11 is 0. The second-order valence-electron chi connectivity index (χ2n) is 4.39. The molecule has 1 aliphatic carbocycles. The first-order valence-corrected chi connectivity index (χ1v) is 6.37. The zero-order valence-corrected chi connectivity index (χ0v) is 10.5. The minimum Gasteiger partial charge on any atom is -0.463 e. The fourth-order valence-corrected chi connectivity index (χ4v) is 2.36. The number of esters is 1. The van der Waals surface area contributed by atoms with Gasteiger partial charge < -0.3 is 4.74 Å². The van der Waals surface area contributed by atoms with Crippen LogP contribution in [0.1, 0.15) is 36.5 Å². The van der Waals surface area contributed by atoms with Crippen molar-refractivity contribution in [1.82, 2.24) is 0 Å². The third-order valence-electron chi connectivity index (χ3n) is 3.20. The topological polar surface area (TPSA) is 26.3 Å². The predicted octanol–water partition coefficient (Wildman–Crippen LogP) is 3.28. The Morgan fingerprint density at radius 3 is 2.78 bits per heavy atom. The first-order valence-electron chi connectivity index (χ1n) is 6.37. The van der Waals surface area contributed by atoms with Crippen molar-refractivity contribution in [2.45, 2.75) is 32.6 Å². The summed E-state index contributed by atoms with van der Waals surface area (Å²) in [5.41, 5.74) is 2.79. The average Bonchev–Trinajstić information content (AvgIpc) is 2.39. The lowest BCUT2D eigenvalue weighted by Crippen LogP contribution is -2.07. The summed E-state index contributed by atoms with van der Waals surface area (Å²) < 4.78 is 18.5. The van der Waals surface area contributed by atoms with Gasteiger partial charge in [-0.2, -0.15) is 0 Å². The van der Waals surface area contributed by atoms with Gasteiger partial charge in [0.25, 0.3) is 0 Å². The van der Waals surface area contributed by atoms with Crippen LogP contribution in [0.3, 0.4) is 0 Å². The highest BCUT2D eigenvalue weighted by Gasteiger charge is 2.15. The van der Waals surface area contributed by atoms with Gasteiger partial charge in [0.1, 0.15) is 5.82 Å². The molecule has 0 N–H and O–H groups in total. The van der Waals surface area contributed by atoms with Crippen LogP contribution in [0, 0.1) is 5.82 Å². The standard InChI is InChI=1S/C15H17FO2/c1-2-18-15(17)10-8-11-7-9-14(16)13-6-4-3-5-12(11)13/h7-10H,2-6H2,1H3/b10-8+. The quantitative estimate of drug-likeness (QED) is 0.606. The van der Waals surface area contributed by atoms with Crippen molar-refractivity contribution in [1.29, 1.82) is 0 Å². The van der Waals surface area contributed by atoms with E-state index in [-0.39, 0.29) is 11.8 Å². The number of halogens is 1. The normalized spacial score (nSPS) is 14.6. The van der Waals surface area contributed by atoms with Crippen LogP contribution in [0.2, 0.25) is 0 Å². The van der Waals surface area contributed by atoms with Gasteiger partial charge in [0.05, 0.1) is 6.61 Å². The van der Waals surface area contributed by atoms with Gasteiger partial charge in [0, 0.05) is 6.08 Å². The van der Waals surface area contributed by atoms with Gasteiger partial charge in [-0.15, -0.1) is 0 Å². The van der Waals surface area contributed by atoms with E-state index in [0.717, 1.165) is 42.4 Å². The maximum absolute atomic E-state index is 13.7. The number of hydrogen-bond acceptors (Lipinski definition) is 2. The van der Waals surface area contributed by atoms with Crippen LogP contribution in [0.15, 0.2) is 18.2 Å². The molecule has 18 heavy (non-hydrogen) atoms. The summed E-state index contributed by atoms with van der Waals surface area (Å²) in [7, 11) is 0. The van der Waals surface area contributed by atoms with Gasteiger partial charge in [0.2, 0.25) is 0 Å². The van der Waals surface area contributed by atoms with Crippen LogP contribution in [-0.4, -0.2) is 12.6 Å². The van der Waals surface area contributed by atoms with Gasteiger partial charge in [-0.05, 0) is 61.4 Å². The van der Waals surface area contributed by atoms with Gasteiger partial charge in [0.15, 0.2) is 0 Å². The van der Waals surface area contributed by atoms with E-state index in [9.17, 15) is 9.18 Å². The number of fused-ring (bicyclic) bond motifs is 1. The lowest BCUT2D eigenvalue weighted by molar-refractivity contribution is -0.137. The molecule has 0 amide bonds. The molecule has 0 saturated heterocycles. The highest BCUT2D eigenvalue weighted by Crippen LogP contribution is 2.27. The lowest BCUT2D eigenvalue weighted by atomic mass is 9.87. The molecule has 0 atom stereocenters. The molecule has 0 aliphatic heterocycles. The maximum atomic E-state index is 13.7. The van der Waals surface area contributed by atoms with Crippen LogP contribution >= 0.6 is 0 Å². The van der Waals surface area contributed by atoms with E-state index in [1.54, 1.807) is 19.1 Å². The predicted molar refractivity (Wildman–Crippen MR) is 68.7 cm³/mol. The van der Waals surface area contributed by atoms with E-state index >= 15 is 0 Å². The highest BCUT2D eigenvalue weighted by molar-refractivity contribution is 5.87. The molecule has 96 valence electrons. The Balaban J connectivity index is 2.26. The monoisotopic (exact) mass is 248 g/mol.